The number of aromatic nitrogens is 2. The number of esters is 1. The Kier molecular flexibility index (Phi) is 6.04. The number of para-hydroxylation sites is 1. The molecule has 0 spiro atoms. The lowest BCUT2D eigenvalue weighted by molar-refractivity contribution is 0.0593. The van der Waals surface area contributed by atoms with E-state index in [4.69, 9.17) is 4.74 Å². The van der Waals surface area contributed by atoms with Crippen LogP contribution < -0.4 is 5.32 Å². The molecule has 1 aliphatic heterocycles. The van der Waals surface area contributed by atoms with Crippen molar-refractivity contribution in [3.63, 3.8) is 0 Å². The van der Waals surface area contributed by atoms with Crippen LogP contribution in [0, 0.1) is 0 Å². The van der Waals surface area contributed by atoms with E-state index in [1.165, 1.54) is 23.6 Å². The monoisotopic (exact) mass is 377 g/mol. The molecular weight excluding hydrogens is 358 g/mol. The number of methoxy groups -OCH3 is 1. The summed E-state index contributed by atoms with van der Waals surface area (Å²) in [6.45, 7) is 0.601. The molecule has 2 heterocycles. The van der Waals surface area contributed by atoms with E-state index >= 15 is 0 Å². The van der Waals surface area contributed by atoms with Crippen LogP contribution in [0.1, 0.15) is 21.0 Å². The number of amides is 1. The summed E-state index contributed by atoms with van der Waals surface area (Å²) in [6, 6.07) is 10.7. The van der Waals surface area contributed by atoms with E-state index < -0.39 is 5.97 Å². The topological polar surface area (TPSA) is 73.2 Å². The van der Waals surface area contributed by atoms with E-state index in [2.05, 4.69) is 10.4 Å². The number of benzene rings is 1. The second kappa shape index (κ2) is 8.44. The van der Waals surface area contributed by atoms with E-state index in [1.54, 1.807) is 0 Å². The minimum Gasteiger partial charge on any atom is -0.464 e. The summed E-state index contributed by atoms with van der Waals surface area (Å²) in [5.74, 6) is 2.50. The van der Waals surface area contributed by atoms with E-state index in [0.717, 1.165) is 11.5 Å². The van der Waals surface area contributed by atoms with Crippen LogP contribution in [-0.4, -0.2) is 57.8 Å². The van der Waals surface area contributed by atoms with Crippen LogP contribution in [0.2, 0.25) is 0 Å². The second-order valence-corrected chi connectivity index (χ2v) is 7.99. The zero-order valence-electron chi connectivity index (χ0n) is 13.8. The third kappa shape index (κ3) is 4.38. The molecule has 0 bridgehead atoms. The molecule has 1 fully saturated rings. The van der Waals surface area contributed by atoms with Gasteiger partial charge in [0.05, 0.1) is 12.8 Å². The van der Waals surface area contributed by atoms with Crippen LogP contribution in [0.3, 0.4) is 0 Å². The number of rotatable bonds is 5. The predicted molar refractivity (Wildman–Crippen MR) is 101 cm³/mol. The third-order valence-electron chi connectivity index (χ3n) is 3.71. The summed E-state index contributed by atoms with van der Waals surface area (Å²) in [5.41, 5.74) is 1.14. The SMILES string of the molecule is COC(=O)c1cc(C(=O)NC[C@H]2CSCCS2)n(-c2ccccc2)n1. The standard InChI is InChI=1S/C17H19N3O3S2/c1-23-17(22)14-9-15(20(19-14)12-5-3-2-4-6-12)16(21)18-10-13-11-24-7-8-25-13/h2-6,9,13H,7-8,10-11H2,1H3,(H,18,21)/t13-/m0/s1. The van der Waals surface area contributed by atoms with Gasteiger partial charge in [0.2, 0.25) is 0 Å². The maximum absolute atomic E-state index is 12.7. The third-order valence-corrected chi connectivity index (χ3v) is 6.56. The summed E-state index contributed by atoms with van der Waals surface area (Å²) < 4.78 is 6.20. The number of hydrogen-bond acceptors (Lipinski definition) is 6. The second-order valence-electron chi connectivity index (χ2n) is 5.43. The van der Waals surface area contributed by atoms with Gasteiger partial charge in [-0.15, -0.1) is 0 Å². The Morgan fingerprint density at radius 3 is 2.80 bits per heavy atom. The number of carbonyl (C=O) groups is 2. The summed E-state index contributed by atoms with van der Waals surface area (Å²) in [7, 11) is 1.29. The lowest BCUT2D eigenvalue weighted by Crippen LogP contribution is -2.34. The van der Waals surface area contributed by atoms with Gasteiger partial charge in [0.1, 0.15) is 5.69 Å². The Hall–Kier alpha value is -1.93. The van der Waals surface area contributed by atoms with Gasteiger partial charge in [-0.2, -0.15) is 28.6 Å². The van der Waals surface area contributed by atoms with E-state index in [9.17, 15) is 9.59 Å². The fourth-order valence-electron chi connectivity index (χ4n) is 2.46. The zero-order valence-corrected chi connectivity index (χ0v) is 15.4. The van der Waals surface area contributed by atoms with Crippen molar-refractivity contribution in [3.8, 4) is 5.69 Å². The minimum atomic E-state index is -0.567. The molecule has 132 valence electrons. The number of hydrogen-bond donors (Lipinski definition) is 1. The Morgan fingerprint density at radius 2 is 2.12 bits per heavy atom. The maximum atomic E-state index is 12.7. The van der Waals surface area contributed by atoms with E-state index in [1.807, 2.05) is 53.9 Å². The van der Waals surface area contributed by atoms with Gasteiger partial charge in [-0.3, -0.25) is 4.79 Å². The van der Waals surface area contributed by atoms with Crippen molar-refractivity contribution in [1.29, 1.82) is 0 Å². The molecule has 1 N–H and O–H groups in total. The van der Waals surface area contributed by atoms with Gasteiger partial charge >= 0.3 is 5.97 Å². The van der Waals surface area contributed by atoms with Gasteiger partial charge in [-0.1, -0.05) is 18.2 Å². The van der Waals surface area contributed by atoms with E-state index in [-0.39, 0.29) is 11.6 Å². The van der Waals surface area contributed by atoms with Crippen LogP contribution in [0.4, 0.5) is 0 Å². The van der Waals surface area contributed by atoms with Gasteiger partial charge in [0.15, 0.2) is 5.69 Å². The molecule has 0 aliphatic carbocycles. The molecule has 1 aromatic heterocycles. The molecule has 0 unspecified atom stereocenters. The highest BCUT2D eigenvalue weighted by Crippen LogP contribution is 2.23. The number of nitrogens with one attached hydrogen (secondary N) is 1. The normalized spacial score (nSPS) is 17.1. The number of ether oxygens (including phenoxy) is 1. The van der Waals surface area contributed by atoms with Crippen molar-refractivity contribution in [2.24, 2.45) is 0 Å². The zero-order chi connectivity index (χ0) is 17.6. The lowest BCUT2D eigenvalue weighted by Gasteiger charge is -2.21. The fraction of sp³-hybridized carbons (Fsp3) is 0.353. The number of nitrogens with zero attached hydrogens (tertiary/aromatic N) is 2. The summed E-state index contributed by atoms with van der Waals surface area (Å²) in [4.78, 5) is 24.5. The molecule has 0 radical (unpaired) electrons. The molecule has 1 saturated heterocycles. The molecule has 3 rings (SSSR count). The number of thioether (sulfide) groups is 2. The molecule has 8 heteroatoms. The average molecular weight is 377 g/mol. The van der Waals surface area contributed by atoms with Crippen molar-refractivity contribution < 1.29 is 14.3 Å². The average Bonchev–Trinajstić information content (AvgIpc) is 3.12. The molecule has 1 aromatic carbocycles. The van der Waals surface area contributed by atoms with Crippen molar-refractivity contribution in [2.45, 2.75) is 5.25 Å². The van der Waals surface area contributed by atoms with Gasteiger partial charge in [0, 0.05) is 35.1 Å². The smallest absolute Gasteiger partial charge is 0.358 e. The largest absolute Gasteiger partial charge is 0.464 e. The molecule has 2 aromatic rings. The van der Waals surface area contributed by atoms with Gasteiger partial charge in [-0.25, -0.2) is 9.48 Å². The van der Waals surface area contributed by atoms with Gasteiger partial charge in [0.25, 0.3) is 5.91 Å². The highest BCUT2D eigenvalue weighted by molar-refractivity contribution is 8.06. The Balaban J connectivity index is 1.81. The van der Waals surface area contributed by atoms with Crippen LogP contribution in [0.25, 0.3) is 5.69 Å². The first kappa shape index (κ1) is 17.9. The van der Waals surface area contributed by atoms with Gasteiger partial charge < -0.3 is 10.1 Å². The molecule has 0 saturated carbocycles. The Labute approximate surface area is 154 Å². The first-order valence-corrected chi connectivity index (χ1v) is 10.1. The maximum Gasteiger partial charge on any atom is 0.358 e. The fourth-order valence-corrected chi connectivity index (χ4v) is 5.08. The molecular formula is C17H19N3O3S2. The van der Waals surface area contributed by atoms with Crippen LogP contribution in [-0.2, 0) is 4.74 Å². The summed E-state index contributed by atoms with van der Waals surface area (Å²) in [5, 5.41) is 7.61. The van der Waals surface area contributed by atoms with Crippen molar-refractivity contribution in [1.82, 2.24) is 15.1 Å². The first-order chi connectivity index (χ1) is 12.2. The van der Waals surface area contributed by atoms with Crippen molar-refractivity contribution in [3.05, 3.63) is 47.8 Å². The predicted octanol–water partition coefficient (Wildman–Crippen LogP) is 2.24. The van der Waals surface area contributed by atoms with E-state index in [0.29, 0.717) is 23.2 Å². The Morgan fingerprint density at radius 1 is 1.32 bits per heavy atom. The highest BCUT2D eigenvalue weighted by Gasteiger charge is 2.22. The summed E-state index contributed by atoms with van der Waals surface area (Å²) in [6.07, 6.45) is 0. The Bertz CT molecular complexity index is 743. The van der Waals surface area contributed by atoms with Crippen LogP contribution in [0.15, 0.2) is 36.4 Å². The van der Waals surface area contributed by atoms with Crippen molar-refractivity contribution in [2.75, 3.05) is 30.9 Å². The molecule has 6 nitrogen and oxygen atoms in total. The quantitative estimate of drug-likeness (QED) is 0.806. The molecule has 1 aliphatic rings. The molecule has 25 heavy (non-hydrogen) atoms. The van der Waals surface area contributed by atoms with Crippen LogP contribution >= 0.6 is 23.5 Å². The molecule has 1 amide bonds. The molecule has 1 atom stereocenters. The lowest BCUT2D eigenvalue weighted by atomic mass is 10.3. The van der Waals surface area contributed by atoms with Crippen molar-refractivity contribution >= 4 is 35.4 Å². The highest BCUT2D eigenvalue weighted by atomic mass is 32.2. The van der Waals surface area contributed by atoms with Crippen LogP contribution in [0.5, 0.6) is 0 Å². The number of carbonyl (C=O) groups excluding carboxylic acids is 2. The summed E-state index contributed by atoms with van der Waals surface area (Å²) >= 11 is 3.79. The first-order valence-electron chi connectivity index (χ1n) is 7.90. The van der Waals surface area contributed by atoms with Gasteiger partial charge in [-0.05, 0) is 12.1 Å². The minimum absolute atomic E-state index is 0.110.